The molecule has 2 rings (SSSR count). The molecule has 0 heterocycles. The summed E-state index contributed by atoms with van der Waals surface area (Å²) in [6.07, 6.45) is 0.869. The quantitative estimate of drug-likeness (QED) is 0.769. The first-order chi connectivity index (χ1) is 11.5. The number of rotatable bonds is 7. The number of ether oxygens (including phenoxy) is 1. The molecule has 0 saturated carbocycles. The summed E-state index contributed by atoms with van der Waals surface area (Å²) in [5.74, 6) is -0.148. The minimum atomic E-state index is -2.86. The number of halogens is 2. The standard InChI is InChI=1S/C19H21F2NO2/c1-3-13(2)17(14-7-5-4-6-8-14)18(23)22-15-9-11-16(12-10-15)24-19(20)21/h4-13,17,19H,3H2,1-2H3,(H,22,23)/t13-,17+/m1/s1. The third-order valence-electron chi connectivity index (χ3n) is 4.00. The Balaban J connectivity index is 2.13. The second kappa shape index (κ2) is 8.43. The molecule has 0 aromatic heterocycles. The van der Waals surface area contributed by atoms with Gasteiger partial charge in [-0.2, -0.15) is 8.78 Å². The van der Waals surface area contributed by atoms with Gasteiger partial charge in [0.05, 0.1) is 5.92 Å². The Morgan fingerprint density at radius 3 is 2.25 bits per heavy atom. The van der Waals surface area contributed by atoms with Crippen molar-refractivity contribution in [2.24, 2.45) is 5.92 Å². The van der Waals surface area contributed by atoms with E-state index < -0.39 is 6.61 Å². The largest absolute Gasteiger partial charge is 0.435 e. The lowest BCUT2D eigenvalue weighted by Gasteiger charge is -2.23. The van der Waals surface area contributed by atoms with Gasteiger partial charge < -0.3 is 10.1 Å². The van der Waals surface area contributed by atoms with Gasteiger partial charge in [0.1, 0.15) is 5.75 Å². The summed E-state index contributed by atoms with van der Waals surface area (Å²) in [7, 11) is 0. The van der Waals surface area contributed by atoms with Gasteiger partial charge in [0, 0.05) is 5.69 Å². The second-order valence-electron chi connectivity index (χ2n) is 5.67. The van der Waals surface area contributed by atoms with E-state index in [-0.39, 0.29) is 23.5 Å². The fourth-order valence-corrected chi connectivity index (χ4v) is 2.57. The van der Waals surface area contributed by atoms with Crippen molar-refractivity contribution in [2.75, 3.05) is 5.32 Å². The summed E-state index contributed by atoms with van der Waals surface area (Å²) in [5.41, 5.74) is 1.51. The van der Waals surface area contributed by atoms with Crippen LogP contribution in [0.5, 0.6) is 5.75 Å². The number of nitrogens with one attached hydrogen (secondary N) is 1. The fourth-order valence-electron chi connectivity index (χ4n) is 2.57. The van der Waals surface area contributed by atoms with Gasteiger partial charge >= 0.3 is 6.61 Å². The predicted molar refractivity (Wildman–Crippen MR) is 90.3 cm³/mol. The molecule has 0 spiro atoms. The maximum atomic E-state index is 12.7. The highest BCUT2D eigenvalue weighted by molar-refractivity contribution is 5.96. The molecule has 0 saturated heterocycles. The SMILES string of the molecule is CC[C@@H](C)[C@H](C(=O)Nc1ccc(OC(F)F)cc1)c1ccccc1. The average Bonchev–Trinajstić information content (AvgIpc) is 2.57. The van der Waals surface area contributed by atoms with Gasteiger partial charge in [-0.25, -0.2) is 0 Å². The smallest absolute Gasteiger partial charge is 0.387 e. The van der Waals surface area contributed by atoms with Gasteiger partial charge in [-0.1, -0.05) is 50.6 Å². The van der Waals surface area contributed by atoms with Crippen LogP contribution in [0.25, 0.3) is 0 Å². The van der Waals surface area contributed by atoms with Crippen LogP contribution in [0.3, 0.4) is 0 Å². The number of carbonyl (C=O) groups excluding carboxylic acids is 1. The van der Waals surface area contributed by atoms with Gasteiger partial charge in [-0.3, -0.25) is 4.79 Å². The number of hydrogen-bond acceptors (Lipinski definition) is 2. The molecule has 0 aliphatic carbocycles. The minimum Gasteiger partial charge on any atom is -0.435 e. The van der Waals surface area contributed by atoms with Crippen molar-refractivity contribution in [1.82, 2.24) is 0 Å². The van der Waals surface area contributed by atoms with Gasteiger partial charge in [-0.05, 0) is 35.7 Å². The van der Waals surface area contributed by atoms with Gasteiger partial charge in [0.25, 0.3) is 0 Å². The van der Waals surface area contributed by atoms with E-state index in [4.69, 9.17) is 0 Å². The van der Waals surface area contributed by atoms with E-state index in [1.165, 1.54) is 12.1 Å². The molecule has 2 aromatic rings. The lowest BCUT2D eigenvalue weighted by atomic mass is 9.85. The molecule has 0 unspecified atom stereocenters. The lowest BCUT2D eigenvalue weighted by Crippen LogP contribution is -2.26. The van der Waals surface area contributed by atoms with Crippen LogP contribution < -0.4 is 10.1 Å². The summed E-state index contributed by atoms with van der Waals surface area (Å²) in [5, 5.41) is 2.85. The fraction of sp³-hybridized carbons (Fsp3) is 0.316. The topological polar surface area (TPSA) is 38.3 Å². The van der Waals surface area contributed by atoms with Gasteiger partial charge in [0.15, 0.2) is 0 Å². The van der Waals surface area contributed by atoms with Crippen LogP contribution in [0.4, 0.5) is 14.5 Å². The zero-order valence-electron chi connectivity index (χ0n) is 13.7. The summed E-state index contributed by atoms with van der Waals surface area (Å²) in [4.78, 5) is 12.7. The highest BCUT2D eigenvalue weighted by Gasteiger charge is 2.25. The third-order valence-corrected chi connectivity index (χ3v) is 4.00. The summed E-state index contributed by atoms with van der Waals surface area (Å²) in [6, 6.07) is 15.5. The Kier molecular flexibility index (Phi) is 6.29. The van der Waals surface area contributed by atoms with Crippen LogP contribution in [-0.4, -0.2) is 12.5 Å². The van der Waals surface area contributed by atoms with Crippen molar-refractivity contribution in [3.05, 3.63) is 60.2 Å². The second-order valence-corrected chi connectivity index (χ2v) is 5.67. The van der Waals surface area contributed by atoms with E-state index in [1.807, 2.05) is 44.2 Å². The molecule has 1 amide bonds. The number of benzene rings is 2. The first-order valence-corrected chi connectivity index (χ1v) is 7.92. The highest BCUT2D eigenvalue weighted by Crippen LogP contribution is 2.29. The van der Waals surface area contributed by atoms with Crippen LogP contribution in [0.15, 0.2) is 54.6 Å². The van der Waals surface area contributed by atoms with Crippen molar-refractivity contribution in [1.29, 1.82) is 0 Å². The number of carbonyl (C=O) groups is 1. The molecule has 2 aromatic carbocycles. The van der Waals surface area contributed by atoms with Crippen molar-refractivity contribution in [3.8, 4) is 5.75 Å². The Labute approximate surface area is 140 Å². The summed E-state index contributed by atoms with van der Waals surface area (Å²) in [6.45, 7) is 1.22. The van der Waals surface area contributed by atoms with Crippen molar-refractivity contribution < 1.29 is 18.3 Å². The van der Waals surface area contributed by atoms with Crippen molar-refractivity contribution in [2.45, 2.75) is 32.8 Å². The van der Waals surface area contributed by atoms with E-state index in [0.717, 1.165) is 12.0 Å². The highest BCUT2D eigenvalue weighted by atomic mass is 19.3. The molecule has 1 N–H and O–H groups in total. The van der Waals surface area contributed by atoms with Gasteiger partial charge in [0.2, 0.25) is 5.91 Å². The Morgan fingerprint density at radius 2 is 1.71 bits per heavy atom. The molecule has 0 aliphatic heterocycles. The van der Waals surface area contributed by atoms with Gasteiger partial charge in [-0.15, -0.1) is 0 Å². The zero-order chi connectivity index (χ0) is 17.5. The summed E-state index contributed by atoms with van der Waals surface area (Å²) < 4.78 is 28.6. The molecule has 0 aliphatic rings. The molecule has 24 heavy (non-hydrogen) atoms. The minimum absolute atomic E-state index is 0.0598. The maximum absolute atomic E-state index is 12.7. The molecule has 128 valence electrons. The number of anilines is 1. The first-order valence-electron chi connectivity index (χ1n) is 7.92. The van der Waals surface area contributed by atoms with Crippen LogP contribution in [-0.2, 0) is 4.79 Å². The Hall–Kier alpha value is -2.43. The van der Waals surface area contributed by atoms with E-state index in [2.05, 4.69) is 10.1 Å². The van der Waals surface area contributed by atoms with Crippen LogP contribution >= 0.6 is 0 Å². The molecule has 0 fully saturated rings. The average molecular weight is 333 g/mol. The van der Waals surface area contributed by atoms with E-state index >= 15 is 0 Å². The number of alkyl halides is 2. The lowest BCUT2D eigenvalue weighted by molar-refractivity contribution is -0.118. The van der Waals surface area contributed by atoms with Crippen LogP contribution in [0.1, 0.15) is 31.7 Å². The van der Waals surface area contributed by atoms with Crippen molar-refractivity contribution >= 4 is 11.6 Å². The number of amides is 1. The van der Waals surface area contributed by atoms with E-state index in [0.29, 0.717) is 5.69 Å². The Bertz CT molecular complexity index is 644. The molecule has 0 radical (unpaired) electrons. The van der Waals surface area contributed by atoms with E-state index in [1.54, 1.807) is 12.1 Å². The van der Waals surface area contributed by atoms with Crippen molar-refractivity contribution in [3.63, 3.8) is 0 Å². The molecule has 0 bridgehead atoms. The van der Waals surface area contributed by atoms with Crippen LogP contribution in [0.2, 0.25) is 0 Å². The summed E-state index contributed by atoms with van der Waals surface area (Å²) >= 11 is 0. The molecule has 2 atom stereocenters. The Morgan fingerprint density at radius 1 is 1.08 bits per heavy atom. The van der Waals surface area contributed by atoms with E-state index in [9.17, 15) is 13.6 Å². The molecule has 3 nitrogen and oxygen atoms in total. The number of hydrogen-bond donors (Lipinski definition) is 1. The zero-order valence-corrected chi connectivity index (χ0v) is 13.7. The molecular formula is C19H21F2NO2. The predicted octanol–water partition coefficient (Wildman–Crippen LogP) is 5.06. The molecule has 5 heteroatoms. The monoisotopic (exact) mass is 333 g/mol. The maximum Gasteiger partial charge on any atom is 0.387 e. The first kappa shape index (κ1) is 17.9. The third kappa shape index (κ3) is 4.78. The van der Waals surface area contributed by atoms with Crippen LogP contribution in [0, 0.1) is 5.92 Å². The molecular weight excluding hydrogens is 312 g/mol. The normalized spacial score (nSPS) is 13.4.